The number of ether oxygens (including phenoxy) is 1. The predicted octanol–water partition coefficient (Wildman–Crippen LogP) is 6.50. The van der Waals surface area contributed by atoms with E-state index in [-0.39, 0.29) is 12.3 Å². The van der Waals surface area contributed by atoms with Crippen LogP contribution in [-0.4, -0.2) is 54.5 Å². The van der Waals surface area contributed by atoms with Crippen LogP contribution in [0.5, 0.6) is 5.75 Å². The fourth-order valence-corrected chi connectivity index (χ4v) is 4.60. The highest BCUT2D eigenvalue weighted by atomic mass is 16.5. The number of likely N-dealkylation sites (tertiary alicyclic amines) is 1. The molecule has 0 radical (unpaired) electrons. The second-order valence-corrected chi connectivity index (χ2v) is 9.73. The van der Waals surface area contributed by atoms with Crippen molar-refractivity contribution in [2.24, 2.45) is 9.98 Å². The number of aliphatic imine (C=N–C) groups is 2. The molecule has 1 aliphatic rings. The third kappa shape index (κ3) is 10.1. The zero-order chi connectivity index (χ0) is 28.6. The summed E-state index contributed by atoms with van der Waals surface area (Å²) >= 11 is 0. The van der Waals surface area contributed by atoms with E-state index < -0.39 is 5.97 Å². The maximum atomic E-state index is 13.4. The molecule has 0 aromatic heterocycles. The number of aliphatic carboxylic acids is 1. The molecule has 2 aromatic rings. The monoisotopic (exact) mass is 541 g/mol. The van der Waals surface area contributed by atoms with Gasteiger partial charge < -0.3 is 14.7 Å². The maximum absolute atomic E-state index is 13.4. The van der Waals surface area contributed by atoms with Gasteiger partial charge in [0.2, 0.25) is 0 Å². The normalized spacial score (nSPS) is 15.2. The van der Waals surface area contributed by atoms with E-state index in [0.29, 0.717) is 37.4 Å². The fraction of sp³-hybridized carbons (Fsp3) is 0.333. The Morgan fingerprint density at radius 2 is 1.82 bits per heavy atom. The molecule has 210 valence electrons. The average Bonchev–Trinajstić information content (AvgIpc) is 2.97. The maximum Gasteiger partial charge on any atom is 0.303 e. The van der Waals surface area contributed by atoms with Gasteiger partial charge in [0.15, 0.2) is 0 Å². The molecule has 1 amide bonds. The summed E-state index contributed by atoms with van der Waals surface area (Å²) in [6, 6.07) is 16.3. The SMILES string of the molecule is COc1ccc(/C=N/C=C/C=C(\C=C\N=C\CCCCC(=O)O)C(=O)N2CCC(c3ccccc3)CC2)cc1C. The van der Waals surface area contributed by atoms with E-state index in [1.165, 1.54) is 5.56 Å². The van der Waals surface area contributed by atoms with Crippen LogP contribution in [-0.2, 0) is 9.59 Å². The molecule has 3 rings (SSSR count). The first-order chi connectivity index (χ1) is 19.5. The summed E-state index contributed by atoms with van der Waals surface area (Å²) in [5.74, 6) is 0.490. The molecule has 0 atom stereocenters. The lowest BCUT2D eigenvalue weighted by Crippen LogP contribution is -2.38. The molecule has 0 aliphatic carbocycles. The van der Waals surface area contributed by atoms with Gasteiger partial charge in [-0.25, -0.2) is 0 Å². The van der Waals surface area contributed by atoms with Gasteiger partial charge in [0.05, 0.1) is 7.11 Å². The number of carboxylic acids is 1. The summed E-state index contributed by atoms with van der Waals surface area (Å²) in [7, 11) is 1.65. The molecule has 2 aromatic carbocycles. The van der Waals surface area contributed by atoms with Gasteiger partial charge in [0.25, 0.3) is 5.91 Å². The minimum absolute atomic E-state index is 0.0289. The van der Waals surface area contributed by atoms with Gasteiger partial charge in [-0.1, -0.05) is 30.3 Å². The smallest absolute Gasteiger partial charge is 0.303 e. The third-order valence-corrected chi connectivity index (χ3v) is 6.81. The Bertz CT molecular complexity index is 1250. The number of aryl methyl sites for hydroxylation is 1. The van der Waals surface area contributed by atoms with Crippen molar-refractivity contribution in [1.82, 2.24) is 4.90 Å². The Morgan fingerprint density at radius 1 is 1.05 bits per heavy atom. The number of hydrogen-bond donors (Lipinski definition) is 1. The molecule has 1 heterocycles. The zero-order valence-corrected chi connectivity index (χ0v) is 23.4. The molecule has 0 bridgehead atoms. The van der Waals surface area contributed by atoms with Crippen molar-refractivity contribution in [3.8, 4) is 5.75 Å². The van der Waals surface area contributed by atoms with Crippen molar-refractivity contribution in [2.45, 2.75) is 51.4 Å². The standard InChI is InChI=1S/C33H39N3O4/c1-26-24-27(14-15-31(26)40-2)25-35-20-9-12-30(16-21-34-19-8-4-7-13-32(37)38)33(39)36-22-17-29(18-23-36)28-10-5-3-6-11-28/h3,5-6,9-12,14-16,19-21,24-25,29H,4,7-8,13,17-18,22-23H2,1-2H3,(H,37,38)/b20-9+,21-16+,30-12+,34-19+,35-25+. The quantitative estimate of drug-likeness (QED) is 0.136. The third-order valence-electron chi connectivity index (χ3n) is 6.81. The Labute approximate surface area is 237 Å². The van der Waals surface area contributed by atoms with Crippen LogP contribution in [0.3, 0.4) is 0 Å². The average molecular weight is 542 g/mol. The number of methoxy groups -OCH3 is 1. The molecule has 0 spiro atoms. The van der Waals surface area contributed by atoms with E-state index in [4.69, 9.17) is 9.84 Å². The van der Waals surface area contributed by atoms with E-state index >= 15 is 0 Å². The van der Waals surface area contributed by atoms with Gasteiger partial charge in [-0.05, 0) is 98.1 Å². The summed E-state index contributed by atoms with van der Waals surface area (Å²) < 4.78 is 5.30. The van der Waals surface area contributed by atoms with Gasteiger partial charge in [0.1, 0.15) is 5.75 Å². The van der Waals surface area contributed by atoms with Crippen LogP contribution in [0, 0.1) is 6.92 Å². The van der Waals surface area contributed by atoms with Crippen LogP contribution in [0.15, 0.2) is 94.7 Å². The summed E-state index contributed by atoms with van der Waals surface area (Å²) in [5, 5.41) is 8.73. The van der Waals surface area contributed by atoms with Crippen molar-refractivity contribution >= 4 is 24.3 Å². The van der Waals surface area contributed by atoms with Crippen molar-refractivity contribution in [3.63, 3.8) is 0 Å². The lowest BCUT2D eigenvalue weighted by molar-refractivity contribution is -0.137. The second kappa shape index (κ2) is 16.6. The Kier molecular flexibility index (Phi) is 12.6. The van der Waals surface area contributed by atoms with E-state index in [9.17, 15) is 9.59 Å². The van der Waals surface area contributed by atoms with Gasteiger partial charge in [-0.3, -0.25) is 19.6 Å². The molecule has 1 aliphatic heterocycles. The highest BCUT2D eigenvalue weighted by molar-refractivity contribution is 5.96. The summed E-state index contributed by atoms with van der Waals surface area (Å²) in [5.41, 5.74) is 3.86. The molecule has 7 nitrogen and oxygen atoms in total. The number of unbranched alkanes of at least 4 members (excludes halogenated alkanes) is 2. The lowest BCUT2D eigenvalue weighted by Gasteiger charge is -2.32. The van der Waals surface area contributed by atoms with Crippen LogP contribution in [0.2, 0.25) is 0 Å². The molecule has 1 fully saturated rings. The molecule has 1 saturated heterocycles. The molecule has 7 heteroatoms. The number of piperidine rings is 1. The number of rotatable bonds is 13. The topological polar surface area (TPSA) is 91.6 Å². The number of amides is 1. The Hall–Kier alpha value is -4.26. The van der Waals surface area contributed by atoms with E-state index in [1.54, 1.807) is 50.2 Å². The number of allylic oxidation sites excluding steroid dienone is 2. The van der Waals surface area contributed by atoms with E-state index in [0.717, 1.165) is 36.1 Å². The molecule has 1 N–H and O–H groups in total. The molecule has 0 saturated carbocycles. The first kappa shape index (κ1) is 30.3. The van der Waals surface area contributed by atoms with Crippen LogP contribution < -0.4 is 4.74 Å². The second-order valence-electron chi connectivity index (χ2n) is 9.73. The first-order valence-corrected chi connectivity index (χ1v) is 13.8. The molecule has 0 unspecified atom stereocenters. The highest BCUT2D eigenvalue weighted by Crippen LogP contribution is 2.28. The van der Waals surface area contributed by atoms with Gasteiger partial charge in [0, 0.05) is 49.9 Å². The van der Waals surface area contributed by atoms with Crippen molar-refractivity contribution in [1.29, 1.82) is 0 Å². The highest BCUT2D eigenvalue weighted by Gasteiger charge is 2.24. The van der Waals surface area contributed by atoms with E-state index in [1.807, 2.05) is 36.1 Å². The summed E-state index contributed by atoms with van der Waals surface area (Å²) in [6.07, 6.45) is 16.1. The van der Waals surface area contributed by atoms with Gasteiger partial charge >= 0.3 is 5.97 Å². The number of carbonyl (C=O) groups excluding carboxylic acids is 1. The van der Waals surface area contributed by atoms with Crippen LogP contribution in [0.25, 0.3) is 0 Å². The number of benzene rings is 2. The molecular formula is C33H39N3O4. The van der Waals surface area contributed by atoms with Crippen molar-refractivity contribution in [3.05, 3.63) is 101 Å². The van der Waals surface area contributed by atoms with Crippen LogP contribution >= 0.6 is 0 Å². The first-order valence-electron chi connectivity index (χ1n) is 13.8. The van der Waals surface area contributed by atoms with Gasteiger partial charge in [-0.15, -0.1) is 0 Å². The van der Waals surface area contributed by atoms with Crippen LogP contribution in [0.1, 0.15) is 61.1 Å². The number of carbonyl (C=O) groups is 2. The zero-order valence-electron chi connectivity index (χ0n) is 23.4. The molecular weight excluding hydrogens is 502 g/mol. The minimum atomic E-state index is -0.783. The van der Waals surface area contributed by atoms with E-state index in [2.05, 4.69) is 34.3 Å². The van der Waals surface area contributed by atoms with Gasteiger partial charge in [-0.2, -0.15) is 0 Å². The largest absolute Gasteiger partial charge is 0.496 e. The number of hydrogen-bond acceptors (Lipinski definition) is 5. The van der Waals surface area contributed by atoms with Crippen molar-refractivity contribution in [2.75, 3.05) is 20.2 Å². The summed E-state index contributed by atoms with van der Waals surface area (Å²) in [6.45, 7) is 3.39. The van der Waals surface area contributed by atoms with Crippen LogP contribution in [0.4, 0.5) is 0 Å². The number of carboxylic acid groups (broad SMARTS) is 1. The fourth-order valence-electron chi connectivity index (χ4n) is 4.60. The number of nitrogens with zero attached hydrogens (tertiary/aromatic N) is 3. The lowest BCUT2D eigenvalue weighted by atomic mass is 9.89. The molecule has 40 heavy (non-hydrogen) atoms. The van der Waals surface area contributed by atoms with Crippen molar-refractivity contribution < 1.29 is 19.4 Å². The summed E-state index contributed by atoms with van der Waals surface area (Å²) in [4.78, 5) is 34.6. The minimum Gasteiger partial charge on any atom is -0.496 e. The Balaban J connectivity index is 1.64. The predicted molar refractivity (Wildman–Crippen MR) is 161 cm³/mol. The Morgan fingerprint density at radius 3 is 2.52 bits per heavy atom.